The normalized spacial score (nSPS) is 12.8. The lowest BCUT2D eigenvalue weighted by Crippen LogP contribution is -2.55. The summed E-state index contributed by atoms with van der Waals surface area (Å²) in [5.41, 5.74) is 0. The fourth-order valence-electron chi connectivity index (χ4n) is 9.31. The zero-order valence-electron chi connectivity index (χ0n) is 46.1. The Morgan fingerprint density at radius 1 is 0.426 bits per heavy atom. The van der Waals surface area contributed by atoms with Gasteiger partial charge in [0, 0.05) is 19.3 Å². The summed E-state index contributed by atoms with van der Waals surface area (Å²) in [4.78, 5) is 37.2. The third-order valence-corrected chi connectivity index (χ3v) is 13.9. The molecule has 2 unspecified atom stereocenters. The molecule has 0 fully saturated rings. The van der Waals surface area contributed by atoms with Crippen LogP contribution >= 0.6 is 0 Å². The summed E-state index contributed by atoms with van der Waals surface area (Å²) in [6.07, 6.45) is 59.7. The molecule has 0 bridgehead atoms. The molecule has 0 N–H and O–H groups in total. The summed E-state index contributed by atoms with van der Waals surface area (Å²) in [6, 6.07) is -0.724. The van der Waals surface area contributed by atoms with E-state index in [-0.39, 0.29) is 42.7 Å². The van der Waals surface area contributed by atoms with Crippen LogP contribution in [-0.4, -0.2) is 75.5 Å². The SMILES string of the molecule is CCCCCCCCCCCCC/C=C/CCCCCCCCCC(=O)OC(COCCC(C(=O)[O-])[N+](C)(C)C)COC(=O)CCCCCCCCCCCCCCCCCCCCCCCC. The lowest BCUT2D eigenvalue weighted by atomic mass is 10.0. The average molecular weight is 963 g/mol. The molecule has 402 valence electrons. The summed E-state index contributed by atoms with van der Waals surface area (Å²) in [6.45, 7) is 4.73. The number of allylic oxidation sites excluding steroid dienone is 2. The lowest BCUT2D eigenvalue weighted by Gasteiger charge is -2.34. The van der Waals surface area contributed by atoms with Gasteiger partial charge in [-0.05, 0) is 38.5 Å². The third kappa shape index (κ3) is 49.1. The fourth-order valence-corrected chi connectivity index (χ4v) is 9.31. The first-order valence-corrected chi connectivity index (χ1v) is 29.7. The molecule has 2 atom stereocenters. The quantitative estimate of drug-likeness (QED) is 0.0259. The number of carbonyl (C=O) groups excluding carboxylic acids is 3. The van der Waals surface area contributed by atoms with Crippen LogP contribution in [0.25, 0.3) is 0 Å². The number of hydrogen-bond acceptors (Lipinski definition) is 7. The molecule has 0 rings (SSSR count). The van der Waals surface area contributed by atoms with E-state index in [0.717, 1.165) is 38.5 Å². The number of hydrogen-bond donors (Lipinski definition) is 0. The molecule has 0 aromatic carbocycles. The van der Waals surface area contributed by atoms with Gasteiger partial charge in [0.2, 0.25) is 0 Å². The van der Waals surface area contributed by atoms with Gasteiger partial charge in [-0.3, -0.25) is 9.59 Å². The minimum Gasteiger partial charge on any atom is -0.544 e. The van der Waals surface area contributed by atoms with E-state index in [4.69, 9.17) is 14.2 Å². The lowest BCUT2D eigenvalue weighted by molar-refractivity contribution is -0.889. The van der Waals surface area contributed by atoms with Gasteiger partial charge in [0.1, 0.15) is 12.6 Å². The minimum absolute atomic E-state index is 0.0455. The average Bonchev–Trinajstić information content (AvgIpc) is 3.30. The number of ether oxygens (including phenoxy) is 3. The second-order valence-corrected chi connectivity index (χ2v) is 21.6. The molecule has 0 aliphatic rings. The van der Waals surface area contributed by atoms with Gasteiger partial charge >= 0.3 is 11.9 Å². The summed E-state index contributed by atoms with van der Waals surface area (Å²) in [5.74, 6) is -1.71. The number of carboxylic acid groups (broad SMARTS) is 1. The maximum Gasteiger partial charge on any atom is 0.306 e. The Morgan fingerprint density at radius 3 is 1.06 bits per heavy atom. The molecular formula is C60H115NO7. The maximum atomic E-state index is 12.8. The van der Waals surface area contributed by atoms with E-state index in [1.807, 2.05) is 21.1 Å². The highest BCUT2D eigenvalue weighted by atomic mass is 16.6. The van der Waals surface area contributed by atoms with Crippen molar-refractivity contribution in [1.29, 1.82) is 0 Å². The van der Waals surface area contributed by atoms with Crippen molar-refractivity contribution >= 4 is 17.9 Å². The van der Waals surface area contributed by atoms with Crippen molar-refractivity contribution in [2.24, 2.45) is 0 Å². The first-order valence-electron chi connectivity index (χ1n) is 29.7. The fraction of sp³-hybridized carbons (Fsp3) is 0.917. The Hall–Kier alpha value is -1.93. The van der Waals surface area contributed by atoms with Gasteiger partial charge in [-0.1, -0.05) is 257 Å². The van der Waals surface area contributed by atoms with Gasteiger partial charge in [0.25, 0.3) is 0 Å². The maximum absolute atomic E-state index is 12.8. The number of aliphatic carboxylic acids is 1. The molecule has 0 aromatic heterocycles. The van der Waals surface area contributed by atoms with Crippen LogP contribution in [0.2, 0.25) is 0 Å². The predicted molar refractivity (Wildman–Crippen MR) is 287 cm³/mol. The van der Waals surface area contributed by atoms with E-state index in [2.05, 4.69) is 26.0 Å². The molecular weight excluding hydrogens is 847 g/mol. The van der Waals surface area contributed by atoms with Crippen LogP contribution in [0.3, 0.4) is 0 Å². The zero-order chi connectivity index (χ0) is 49.9. The van der Waals surface area contributed by atoms with Crippen LogP contribution in [0, 0.1) is 0 Å². The Balaban J connectivity index is 4.12. The number of esters is 2. The number of carbonyl (C=O) groups is 3. The van der Waals surface area contributed by atoms with Crippen molar-refractivity contribution in [3.05, 3.63) is 12.2 Å². The van der Waals surface area contributed by atoms with Crippen molar-refractivity contribution in [3.63, 3.8) is 0 Å². The number of nitrogens with zero attached hydrogens (tertiary/aromatic N) is 1. The monoisotopic (exact) mass is 962 g/mol. The van der Waals surface area contributed by atoms with E-state index >= 15 is 0 Å². The number of quaternary nitrogens is 1. The van der Waals surface area contributed by atoms with Gasteiger partial charge in [-0.2, -0.15) is 0 Å². The Labute approximate surface area is 422 Å². The molecule has 0 aromatic rings. The number of unbranched alkanes of at least 4 members (excludes halogenated alkanes) is 39. The number of carboxylic acids is 1. The molecule has 0 heterocycles. The van der Waals surface area contributed by atoms with Gasteiger partial charge in [-0.15, -0.1) is 0 Å². The zero-order valence-corrected chi connectivity index (χ0v) is 46.1. The first kappa shape index (κ1) is 66.1. The van der Waals surface area contributed by atoms with Crippen LogP contribution in [0.1, 0.15) is 303 Å². The van der Waals surface area contributed by atoms with Gasteiger partial charge in [0.15, 0.2) is 6.10 Å². The molecule has 0 spiro atoms. The molecule has 0 aliphatic heterocycles. The molecule has 8 heteroatoms. The molecule has 0 amide bonds. The van der Waals surface area contributed by atoms with Crippen LogP contribution in [0.5, 0.6) is 0 Å². The van der Waals surface area contributed by atoms with Crippen molar-refractivity contribution in [2.45, 2.75) is 315 Å². The second-order valence-electron chi connectivity index (χ2n) is 21.6. The smallest absolute Gasteiger partial charge is 0.306 e. The van der Waals surface area contributed by atoms with Crippen LogP contribution in [-0.2, 0) is 28.6 Å². The first-order chi connectivity index (χ1) is 33.1. The highest BCUT2D eigenvalue weighted by molar-refractivity contribution is 5.70. The van der Waals surface area contributed by atoms with E-state index in [9.17, 15) is 19.5 Å². The third-order valence-electron chi connectivity index (χ3n) is 13.9. The van der Waals surface area contributed by atoms with Crippen LogP contribution in [0.15, 0.2) is 12.2 Å². The van der Waals surface area contributed by atoms with E-state index < -0.39 is 18.1 Å². The minimum atomic E-state index is -1.12. The van der Waals surface area contributed by atoms with Crippen LogP contribution < -0.4 is 5.11 Å². The Bertz CT molecular complexity index is 1120. The van der Waals surface area contributed by atoms with Crippen molar-refractivity contribution in [3.8, 4) is 0 Å². The second kappa shape index (κ2) is 51.4. The predicted octanol–water partition coefficient (Wildman–Crippen LogP) is 16.4. The number of likely N-dealkylation sites (N-methyl/N-ethyl adjacent to an activating group) is 1. The summed E-state index contributed by atoms with van der Waals surface area (Å²) >= 11 is 0. The standard InChI is InChI=1S/C60H115NO7/c1-6-8-10-12-14-16-18-20-22-24-26-28-30-32-34-36-38-40-42-44-46-48-50-58(62)67-55-56(54-66-53-52-57(60(64)65)61(3,4)5)68-59(63)51-49-47-45-43-41-39-37-35-33-31-29-27-25-23-21-19-17-15-13-11-9-7-2/h31,33,56-57H,6-30,32,34-55H2,1-5H3/b33-31+. The summed E-state index contributed by atoms with van der Waals surface area (Å²) in [5, 5.41) is 11.7. The summed E-state index contributed by atoms with van der Waals surface area (Å²) < 4.78 is 17.3. The summed E-state index contributed by atoms with van der Waals surface area (Å²) in [7, 11) is 5.44. The van der Waals surface area contributed by atoms with Gasteiger partial charge < -0.3 is 28.6 Å². The van der Waals surface area contributed by atoms with E-state index in [1.165, 1.54) is 231 Å². The van der Waals surface area contributed by atoms with Crippen molar-refractivity contribution < 1.29 is 38.2 Å². The van der Waals surface area contributed by atoms with E-state index in [0.29, 0.717) is 12.8 Å². The highest BCUT2D eigenvalue weighted by Gasteiger charge is 2.25. The Morgan fingerprint density at radius 2 is 0.735 bits per heavy atom. The largest absolute Gasteiger partial charge is 0.544 e. The molecule has 0 radical (unpaired) electrons. The molecule has 0 saturated heterocycles. The highest BCUT2D eigenvalue weighted by Crippen LogP contribution is 2.18. The van der Waals surface area contributed by atoms with Crippen molar-refractivity contribution in [1.82, 2.24) is 0 Å². The van der Waals surface area contributed by atoms with E-state index in [1.54, 1.807) is 0 Å². The molecule has 8 nitrogen and oxygen atoms in total. The Kier molecular flexibility index (Phi) is 50.0. The van der Waals surface area contributed by atoms with Gasteiger partial charge in [0.05, 0.1) is 40.3 Å². The molecule has 0 aliphatic carbocycles. The number of rotatable bonds is 55. The van der Waals surface area contributed by atoms with Crippen LogP contribution in [0.4, 0.5) is 0 Å². The molecule has 0 saturated carbocycles. The van der Waals surface area contributed by atoms with Gasteiger partial charge in [-0.25, -0.2) is 0 Å². The molecule has 68 heavy (non-hydrogen) atoms. The van der Waals surface area contributed by atoms with Crippen molar-refractivity contribution in [2.75, 3.05) is 41.0 Å². The topological polar surface area (TPSA) is 102 Å².